The van der Waals surface area contributed by atoms with Crippen LogP contribution in [0.1, 0.15) is 26.7 Å². The van der Waals surface area contributed by atoms with E-state index in [1.807, 2.05) is 0 Å². The Kier molecular flexibility index (Phi) is 4.78. The average molecular weight is 282 g/mol. The highest BCUT2D eigenvalue weighted by atomic mass is 19.4. The van der Waals surface area contributed by atoms with Crippen molar-refractivity contribution in [2.24, 2.45) is 0 Å². The molecule has 1 saturated heterocycles. The van der Waals surface area contributed by atoms with Crippen molar-refractivity contribution in [3.63, 3.8) is 0 Å². The van der Waals surface area contributed by atoms with Gasteiger partial charge in [0.25, 0.3) is 5.91 Å². The van der Waals surface area contributed by atoms with Crippen LogP contribution in [0.25, 0.3) is 0 Å². The number of urea groups is 1. The van der Waals surface area contributed by atoms with Gasteiger partial charge in [-0.1, -0.05) is 13.8 Å². The summed E-state index contributed by atoms with van der Waals surface area (Å²) in [5, 5.41) is 2.19. The molecule has 0 aliphatic carbocycles. The molecular weight excluding hydrogens is 265 g/mol. The van der Waals surface area contributed by atoms with Gasteiger partial charge >= 0.3 is 12.2 Å². The van der Waals surface area contributed by atoms with Gasteiger partial charge in [0, 0.05) is 6.54 Å². The Labute approximate surface area is 109 Å². The van der Waals surface area contributed by atoms with E-state index in [1.54, 1.807) is 13.8 Å². The van der Waals surface area contributed by atoms with E-state index >= 15 is 0 Å². The van der Waals surface area contributed by atoms with E-state index in [9.17, 15) is 22.8 Å². The van der Waals surface area contributed by atoms with Crippen LogP contribution in [0, 0.1) is 0 Å². The maximum absolute atomic E-state index is 11.9. The summed E-state index contributed by atoms with van der Waals surface area (Å²) in [6.45, 7) is 1.84. The van der Waals surface area contributed by atoms with E-state index in [0.29, 0.717) is 12.8 Å². The van der Waals surface area contributed by atoms with Crippen LogP contribution in [0.3, 0.4) is 0 Å². The Morgan fingerprint density at radius 3 is 2.32 bits per heavy atom. The van der Waals surface area contributed by atoms with Crippen molar-refractivity contribution in [3.05, 3.63) is 0 Å². The van der Waals surface area contributed by atoms with Gasteiger partial charge < -0.3 is 9.64 Å². The molecule has 3 amide bonds. The molecule has 110 valence electrons. The van der Waals surface area contributed by atoms with Gasteiger partial charge in [0.05, 0.1) is 6.61 Å². The number of hydrogen-bond donors (Lipinski definition) is 1. The lowest BCUT2D eigenvalue weighted by Crippen LogP contribution is -2.50. The number of alkyl halides is 3. The molecule has 0 spiro atoms. The van der Waals surface area contributed by atoms with Crippen LogP contribution >= 0.6 is 0 Å². The van der Waals surface area contributed by atoms with Crippen molar-refractivity contribution in [2.75, 3.05) is 19.8 Å². The molecule has 1 fully saturated rings. The van der Waals surface area contributed by atoms with Gasteiger partial charge in [-0.25, -0.2) is 4.79 Å². The van der Waals surface area contributed by atoms with Crippen LogP contribution in [0.5, 0.6) is 0 Å². The highest BCUT2D eigenvalue weighted by Crippen LogP contribution is 2.28. The Bertz CT molecular complexity index is 354. The average Bonchev–Trinajstić information content (AvgIpc) is 2.55. The van der Waals surface area contributed by atoms with Gasteiger partial charge in [-0.2, -0.15) is 13.2 Å². The molecule has 0 atom stereocenters. The van der Waals surface area contributed by atoms with Gasteiger partial charge in [-0.05, 0) is 12.8 Å². The SMILES string of the molecule is CCC1(CC)C(=O)NC(=O)N1CCOCC(F)(F)F. The van der Waals surface area contributed by atoms with Gasteiger partial charge in [0.2, 0.25) is 0 Å². The van der Waals surface area contributed by atoms with Crippen LogP contribution < -0.4 is 5.32 Å². The predicted molar refractivity (Wildman–Crippen MR) is 60.4 cm³/mol. The molecule has 0 saturated carbocycles. The molecule has 0 aromatic rings. The minimum Gasteiger partial charge on any atom is -0.370 e. The summed E-state index contributed by atoms with van der Waals surface area (Å²) in [7, 11) is 0. The van der Waals surface area contributed by atoms with Gasteiger partial charge in [-0.15, -0.1) is 0 Å². The van der Waals surface area contributed by atoms with Crippen molar-refractivity contribution in [3.8, 4) is 0 Å². The highest BCUT2D eigenvalue weighted by molar-refractivity contribution is 6.06. The predicted octanol–water partition coefficient (Wildman–Crippen LogP) is 1.68. The lowest BCUT2D eigenvalue weighted by atomic mass is 9.91. The van der Waals surface area contributed by atoms with Gasteiger partial charge in [-0.3, -0.25) is 10.1 Å². The maximum Gasteiger partial charge on any atom is 0.411 e. The zero-order chi connectivity index (χ0) is 14.7. The monoisotopic (exact) mass is 282 g/mol. The number of carbonyl (C=O) groups is 2. The summed E-state index contributed by atoms with van der Waals surface area (Å²) in [6, 6.07) is -0.579. The molecule has 5 nitrogen and oxygen atoms in total. The number of hydrogen-bond acceptors (Lipinski definition) is 3. The number of carbonyl (C=O) groups excluding carboxylic acids is 2. The first-order chi connectivity index (χ1) is 8.77. The van der Waals surface area contributed by atoms with E-state index < -0.39 is 30.3 Å². The Morgan fingerprint density at radius 1 is 1.26 bits per heavy atom. The summed E-state index contributed by atoms with van der Waals surface area (Å²) >= 11 is 0. The first-order valence-electron chi connectivity index (χ1n) is 6.04. The fourth-order valence-corrected chi connectivity index (χ4v) is 2.21. The summed E-state index contributed by atoms with van der Waals surface area (Å²) < 4.78 is 40.2. The third-order valence-electron chi connectivity index (χ3n) is 3.30. The van der Waals surface area contributed by atoms with Crippen molar-refractivity contribution in [2.45, 2.75) is 38.4 Å². The molecule has 1 heterocycles. The van der Waals surface area contributed by atoms with Crippen LogP contribution in [0.4, 0.5) is 18.0 Å². The standard InChI is InChI=1S/C11H17F3N2O3/c1-3-10(4-2)8(17)15-9(18)16(10)5-6-19-7-11(12,13)14/h3-7H2,1-2H3,(H,15,17,18). The number of nitrogens with one attached hydrogen (secondary N) is 1. The van der Waals surface area contributed by atoms with Crippen molar-refractivity contribution < 1.29 is 27.5 Å². The number of ether oxygens (including phenoxy) is 1. The summed E-state index contributed by atoms with van der Waals surface area (Å²) in [6.07, 6.45) is -3.59. The van der Waals surface area contributed by atoms with E-state index in [-0.39, 0.29) is 13.2 Å². The van der Waals surface area contributed by atoms with Crippen LogP contribution in [0.15, 0.2) is 0 Å². The van der Waals surface area contributed by atoms with Gasteiger partial charge in [0.15, 0.2) is 0 Å². The molecule has 0 unspecified atom stereocenters. The fourth-order valence-electron chi connectivity index (χ4n) is 2.21. The number of amides is 3. The molecule has 0 radical (unpaired) electrons. The zero-order valence-corrected chi connectivity index (χ0v) is 10.8. The third kappa shape index (κ3) is 3.37. The van der Waals surface area contributed by atoms with Crippen molar-refractivity contribution >= 4 is 11.9 Å². The van der Waals surface area contributed by atoms with E-state index in [0.717, 1.165) is 0 Å². The summed E-state index contributed by atoms with van der Waals surface area (Å²) in [5.74, 6) is -0.404. The summed E-state index contributed by atoms with van der Waals surface area (Å²) in [5.41, 5.74) is -0.974. The second-order valence-corrected chi connectivity index (χ2v) is 4.32. The Balaban J connectivity index is 2.60. The topological polar surface area (TPSA) is 58.6 Å². The molecule has 1 aliphatic rings. The van der Waals surface area contributed by atoms with Gasteiger partial charge in [0.1, 0.15) is 12.1 Å². The second kappa shape index (κ2) is 5.77. The summed E-state index contributed by atoms with van der Waals surface area (Å²) in [4.78, 5) is 24.7. The molecule has 0 aromatic carbocycles. The third-order valence-corrected chi connectivity index (χ3v) is 3.30. The van der Waals surface area contributed by atoms with E-state index in [2.05, 4.69) is 10.1 Å². The maximum atomic E-state index is 11.9. The number of halogens is 3. The lowest BCUT2D eigenvalue weighted by Gasteiger charge is -2.33. The molecule has 8 heteroatoms. The molecule has 19 heavy (non-hydrogen) atoms. The smallest absolute Gasteiger partial charge is 0.370 e. The Hall–Kier alpha value is -1.31. The van der Waals surface area contributed by atoms with E-state index in [1.165, 1.54) is 4.90 Å². The molecule has 1 rings (SSSR count). The second-order valence-electron chi connectivity index (χ2n) is 4.32. The number of nitrogens with zero attached hydrogens (tertiary/aromatic N) is 1. The molecule has 1 aliphatic heterocycles. The first-order valence-corrected chi connectivity index (χ1v) is 6.04. The molecule has 1 N–H and O–H groups in total. The number of imide groups is 1. The minimum absolute atomic E-state index is 0.0463. The van der Waals surface area contributed by atoms with Crippen LogP contribution in [0.2, 0.25) is 0 Å². The molecule has 0 bridgehead atoms. The first kappa shape index (κ1) is 15.7. The van der Waals surface area contributed by atoms with Crippen LogP contribution in [-0.2, 0) is 9.53 Å². The number of rotatable bonds is 6. The van der Waals surface area contributed by atoms with Crippen molar-refractivity contribution in [1.82, 2.24) is 10.2 Å². The largest absolute Gasteiger partial charge is 0.411 e. The minimum atomic E-state index is -4.39. The normalized spacial score (nSPS) is 18.9. The van der Waals surface area contributed by atoms with Crippen LogP contribution in [-0.4, -0.2) is 48.3 Å². The highest BCUT2D eigenvalue weighted by Gasteiger charge is 2.49. The lowest BCUT2D eigenvalue weighted by molar-refractivity contribution is -0.174. The molecular formula is C11H17F3N2O3. The zero-order valence-electron chi connectivity index (χ0n) is 10.8. The van der Waals surface area contributed by atoms with Crippen molar-refractivity contribution in [1.29, 1.82) is 0 Å². The van der Waals surface area contributed by atoms with E-state index in [4.69, 9.17) is 0 Å². The fraction of sp³-hybridized carbons (Fsp3) is 0.818. The quantitative estimate of drug-likeness (QED) is 0.595. The molecule has 0 aromatic heterocycles. The Morgan fingerprint density at radius 2 is 1.84 bits per heavy atom.